The lowest BCUT2D eigenvalue weighted by Crippen LogP contribution is -2.25. The number of carbonyl (C=O) groups is 2. The fraction of sp³-hybridized carbons (Fsp3) is 0.300. The number of anilines is 2. The number of rotatable bonds is 6. The maximum absolute atomic E-state index is 12.4. The molecule has 2 aromatic carbocycles. The molecule has 2 amide bonds. The van der Waals surface area contributed by atoms with Gasteiger partial charge in [0, 0.05) is 13.0 Å². The molecular weight excluding hydrogens is 316 g/mol. The van der Waals surface area contributed by atoms with Crippen LogP contribution in [0.2, 0.25) is 0 Å². The number of carbonyl (C=O) groups excluding carboxylic acids is 2. The molecule has 3 rings (SSSR count). The van der Waals surface area contributed by atoms with Crippen LogP contribution in [0.4, 0.5) is 11.4 Å². The van der Waals surface area contributed by atoms with Gasteiger partial charge < -0.3 is 15.0 Å². The molecule has 0 atom stereocenters. The molecular formula is C20H22N2O3. The van der Waals surface area contributed by atoms with Gasteiger partial charge in [-0.15, -0.1) is 0 Å². The Morgan fingerprint density at radius 3 is 2.60 bits per heavy atom. The fourth-order valence-corrected chi connectivity index (χ4v) is 2.97. The number of hydrogen-bond donors (Lipinski definition) is 1. The van der Waals surface area contributed by atoms with Gasteiger partial charge >= 0.3 is 0 Å². The van der Waals surface area contributed by atoms with Gasteiger partial charge in [0.2, 0.25) is 11.8 Å². The zero-order chi connectivity index (χ0) is 17.6. The number of ether oxygens (including phenoxy) is 1. The molecule has 5 nitrogen and oxygen atoms in total. The van der Waals surface area contributed by atoms with E-state index in [1.54, 1.807) is 4.90 Å². The molecule has 25 heavy (non-hydrogen) atoms. The van der Waals surface area contributed by atoms with Crippen molar-refractivity contribution in [2.24, 2.45) is 0 Å². The van der Waals surface area contributed by atoms with Crippen molar-refractivity contribution in [1.82, 2.24) is 0 Å². The summed E-state index contributed by atoms with van der Waals surface area (Å²) in [7, 11) is 0. The molecule has 5 heteroatoms. The predicted octanol–water partition coefficient (Wildman–Crippen LogP) is 3.39. The molecule has 1 saturated heterocycles. The Morgan fingerprint density at radius 2 is 1.92 bits per heavy atom. The van der Waals surface area contributed by atoms with Crippen molar-refractivity contribution in [2.75, 3.05) is 23.4 Å². The number of hydrogen-bond acceptors (Lipinski definition) is 3. The van der Waals surface area contributed by atoms with Crippen molar-refractivity contribution in [3.05, 3.63) is 54.1 Å². The summed E-state index contributed by atoms with van der Waals surface area (Å²) >= 11 is 0. The Bertz CT molecular complexity index is 756. The minimum Gasteiger partial charge on any atom is -0.494 e. The largest absolute Gasteiger partial charge is 0.494 e. The normalized spacial score (nSPS) is 13.8. The highest BCUT2D eigenvalue weighted by atomic mass is 16.5. The topological polar surface area (TPSA) is 58.6 Å². The molecule has 0 saturated carbocycles. The van der Waals surface area contributed by atoms with Crippen LogP contribution in [-0.4, -0.2) is 25.0 Å². The first-order valence-electron chi connectivity index (χ1n) is 8.58. The molecule has 1 heterocycles. The van der Waals surface area contributed by atoms with Crippen LogP contribution < -0.4 is 15.0 Å². The zero-order valence-electron chi connectivity index (χ0n) is 14.3. The summed E-state index contributed by atoms with van der Waals surface area (Å²) in [5, 5.41) is 2.93. The third-order valence-electron chi connectivity index (χ3n) is 4.14. The lowest BCUT2D eigenvalue weighted by atomic mass is 10.1. The number of nitrogens with zero attached hydrogens (tertiary/aromatic N) is 1. The summed E-state index contributed by atoms with van der Waals surface area (Å²) in [5.74, 6) is 0.793. The van der Waals surface area contributed by atoms with E-state index < -0.39 is 0 Å². The van der Waals surface area contributed by atoms with Gasteiger partial charge in [-0.3, -0.25) is 9.59 Å². The van der Waals surface area contributed by atoms with E-state index in [1.165, 1.54) is 0 Å². The molecule has 1 aliphatic rings. The van der Waals surface area contributed by atoms with Gasteiger partial charge in [-0.25, -0.2) is 0 Å². The predicted molar refractivity (Wildman–Crippen MR) is 98.0 cm³/mol. The average molecular weight is 338 g/mol. The third-order valence-corrected chi connectivity index (χ3v) is 4.14. The Hall–Kier alpha value is -2.82. The second kappa shape index (κ2) is 7.83. The van der Waals surface area contributed by atoms with E-state index in [4.69, 9.17) is 4.74 Å². The molecule has 1 fully saturated rings. The fourth-order valence-electron chi connectivity index (χ4n) is 2.97. The van der Waals surface area contributed by atoms with E-state index in [9.17, 15) is 9.59 Å². The van der Waals surface area contributed by atoms with Crippen LogP contribution in [0.3, 0.4) is 0 Å². The molecule has 0 spiro atoms. The molecule has 2 aromatic rings. The summed E-state index contributed by atoms with van der Waals surface area (Å²) in [5.41, 5.74) is 2.36. The average Bonchev–Trinajstić information content (AvgIpc) is 3.03. The van der Waals surface area contributed by atoms with E-state index in [2.05, 4.69) is 5.32 Å². The van der Waals surface area contributed by atoms with Crippen molar-refractivity contribution in [1.29, 1.82) is 0 Å². The lowest BCUT2D eigenvalue weighted by molar-refractivity contribution is -0.117. The highest BCUT2D eigenvalue weighted by Gasteiger charge is 2.24. The van der Waals surface area contributed by atoms with E-state index in [0.29, 0.717) is 25.3 Å². The van der Waals surface area contributed by atoms with Gasteiger partial charge in [-0.2, -0.15) is 0 Å². The smallest absolute Gasteiger partial charge is 0.228 e. The second-order valence-electron chi connectivity index (χ2n) is 5.97. The molecule has 0 bridgehead atoms. The third kappa shape index (κ3) is 4.18. The number of nitrogens with one attached hydrogen (secondary N) is 1. The van der Waals surface area contributed by atoms with Crippen LogP contribution in [0.1, 0.15) is 25.3 Å². The second-order valence-corrected chi connectivity index (χ2v) is 5.97. The van der Waals surface area contributed by atoms with Gasteiger partial charge in [0.15, 0.2) is 0 Å². The van der Waals surface area contributed by atoms with Crippen molar-refractivity contribution >= 4 is 23.2 Å². The van der Waals surface area contributed by atoms with Gasteiger partial charge in [0.05, 0.1) is 24.4 Å². The molecule has 0 unspecified atom stereocenters. The molecule has 0 radical (unpaired) electrons. The maximum Gasteiger partial charge on any atom is 0.228 e. The first-order valence-corrected chi connectivity index (χ1v) is 8.58. The van der Waals surface area contributed by atoms with Gasteiger partial charge in [0.1, 0.15) is 5.75 Å². The Balaban J connectivity index is 1.68. The SMILES string of the molecule is CCOc1ccc(CC(=O)Nc2ccccc2N2CCCC2=O)cc1. The first-order chi connectivity index (χ1) is 12.2. The molecule has 130 valence electrons. The summed E-state index contributed by atoms with van der Waals surface area (Å²) in [6, 6.07) is 14.9. The molecule has 0 aromatic heterocycles. The van der Waals surface area contributed by atoms with E-state index in [1.807, 2.05) is 55.5 Å². The zero-order valence-corrected chi connectivity index (χ0v) is 14.3. The minimum absolute atomic E-state index is 0.105. The molecule has 1 N–H and O–H groups in total. The summed E-state index contributed by atoms with van der Waals surface area (Å²) in [6.45, 7) is 3.25. The highest BCUT2D eigenvalue weighted by molar-refractivity contribution is 6.02. The van der Waals surface area contributed by atoms with Crippen LogP contribution >= 0.6 is 0 Å². The number of amides is 2. The Labute approximate surface area is 147 Å². The van der Waals surface area contributed by atoms with Crippen molar-refractivity contribution in [3.63, 3.8) is 0 Å². The van der Waals surface area contributed by atoms with Gasteiger partial charge in [-0.1, -0.05) is 24.3 Å². The summed E-state index contributed by atoms with van der Waals surface area (Å²) in [4.78, 5) is 26.1. The first kappa shape index (κ1) is 17.0. The van der Waals surface area contributed by atoms with Crippen molar-refractivity contribution in [3.8, 4) is 5.75 Å². The van der Waals surface area contributed by atoms with Gasteiger partial charge in [0.25, 0.3) is 0 Å². The minimum atomic E-state index is -0.108. The van der Waals surface area contributed by atoms with Crippen LogP contribution in [0.25, 0.3) is 0 Å². The van der Waals surface area contributed by atoms with Crippen LogP contribution in [0, 0.1) is 0 Å². The van der Waals surface area contributed by atoms with Crippen molar-refractivity contribution in [2.45, 2.75) is 26.2 Å². The highest BCUT2D eigenvalue weighted by Crippen LogP contribution is 2.29. The maximum atomic E-state index is 12.4. The summed E-state index contributed by atoms with van der Waals surface area (Å²) < 4.78 is 5.41. The van der Waals surface area contributed by atoms with E-state index in [-0.39, 0.29) is 18.2 Å². The van der Waals surface area contributed by atoms with Crippen LogP contribution in [-0.2, 0) is 16.0 Å². The quantitative estimate of drug-likeness (QED) is 0.878. The molecule has 0 aliphatic carbocycles. The lowest BCUT2D eigenvalue weighted by Gasteiger charge is -2.20. The monoisotopic (exact) mass is 338 g/mol. The van der Waals surface area contributed by atoms with Gasteiger partial charge in [-0.05, 0) is 43.2 Å². The van der Waals surface area contributed by atoms with E-state index >= 15 is 0 Å². The Kier molecular flexibility index (Phi) is 5.33. The summed E-state index contributed by atoms with van der Waals surface area (Å²) in [6.07, 6.45) is 1.69. The number of para-hydroxylation sites is 2. The van der Waals surface area contributed by atoms with Crippen molar-refractivity contribution < 1.29 is 14.3 Å². The molecule has 1 aliphatic heterocycles. The van der Waals surface area contributed by atoms with E-state index in [0.717, 1.165) is 23.4 Å². The number of benzene rings is 2. The van der Waals surface area contributed by atoms with Crippen LogP contribution in [0.5, 0.6) is 5.75 Å². The van der Waals surface area contributed by atoms with Crippen LogP contribution in [0.15, 0.2) is 48.5 Å². The Morgan fingerprint density at radius 1 is 1.16 bits per heavy atom. The standard InChI is InChI=1S/C20H22N2O3/c1-2-25-16-11-9-15(10-12-16)14-19(23)21-17-6-3-4-7-18(17)22-13-5-8-20(22)24/h3-4,6-7,9-12H,2,5,8,13-14H2,1H3,(H,21,23).